The van der Waals surface area contributed by atoms with Crippen molar-refractivity contribution in [3.63, 3.8) is 0 Å². The van der Waals surface area contributed by atoms with Gasteiger partial charge in [-0.25, -0.2) is 9.59 Å². The highest BCUT2D eigenvalue weighted by Gasteiger charge is 2.05. The Hall–Kier alpha value is -3.73. The predicted octanol–water partition coefficient (Wildman–Crippen LogP) is 8.20. The molecule has 10 heteroatoms. The van der Waals surface area contributed by atoms with E-state index in [2.05, 4.69) is 15.0 Å². The molecule has 0 aromatic heterocycles. The number of benzene rings is 3. The van der Waals surface area contributed by atoms with Crippen molar-refractivity contribution in [1.82, 2.24) is 5.32 Å². The molecule has 40 heavy (non-hydrogen) atoms. The summed E-state index contributed by atoms with van der Waals surface area (Å²) in [6, 6.07) is 29.4. The van der Waals surface area contributed by atoms with Crippen LogP contribution in [0.3, 0.4) is 0 Å². The van der Waals surface area contributed by atoms with Gasteiger partial charge in [-0.15, -0.1) is 0 Å². The molecule has 0 saturated carbocycles. The van der Waals surface area contributed by atoms with E-state index in [1.807, 2.05) is 102 Å². The van der Waals surface area contributed by atoms with E-state index in [9.17, 15) is 14.4 Å². The number of imide groups is 1. The number of hydrogen-bond acceptors (Lipinski definition) is 8. The van der Waals surface area contributed by atoms with Crippen LogP contribution in [0.15, 0.2) is 134 Å². The highest BCUT2D eigenvalue weighted by Crippen LogP contribution is 2.23. The molecule has 3 aromatic rings. The molecule has 0 saturated heterocycles. The molecule has 0 aliphatic rings. The maximum Gasteiger partial charge on any atom is 0.434 e. The summed E-state index contributed by atoms with van der Waals surface area (Å²) in [5.41, 5.74) is 0. The van der Waals surface area contributed by atoms with Gasteiger partial charge in [-0.3, -0.25) is 10.1 Å². The van der Waals surface area contributed by atoms with Crippen molar-refractivity contribution >= 4 is 58.4 Å². The first-order chi connectivity index (χ1) is 19.5. The Morgan fingerprint density at radius 1 is 0.700 bits per heavy atom. The number of carbonyl (C=O) groups is 3. The maximum atomic E-state index is 11.6. The summed E-state index contributed by atoms with van der Waals surface area (Å²) in [5.74, 6) is -0.494. The van der Waals surface area contributed by atoms with Gasteiger partial charge in [0.2, 0.25) is 0 Å². The average Bonchev–Trinajstić information content (AvgIpc) is 2.95. The van der Waals surface area contributed by atoms with Gasteiger partial charge in [0, 0.05) is 20.8 Å². The fourth-order valence-electron chi connectivity index (χ4n) is 2.60. The lowest BCUT2D eigenvalue weighted by molar-refractivity contribution is -0.115. The minimum atomic E-state index is -0.730. The van der Waals surface area contributed by atoms with Crippen molar-refractivity contribution in [1.29, 1.82) is 0 Å². The summed E-state index contributed by atoms with van der Waals surface area (Å²) >= 11 is 4.40. The zero-order valence-electron chi connectivity index (χ0n) is 22.1. The van der Waals surface area contributed by atoms with Crippen LogP contribution < -0.4 is 5.32 Å². The lowest BCUT2D eigenvalue weighted by atomic mass is 10.4. The third-order valence-electron chi connectivity index (χ3n) is 4.26. The molecule has 3 aromatic carbocycles. The molecular weight excluding hydrogens is 565 g/mol. The predicted molar refractivity (Wildman–Crippen MR) is 165 cm³/mol. The smallest absolute Gasteiger partial charge is 0.434 e. The van der Waals surface area contributed by atoms with Gasteiger partial charge >= 0.3 is 12.2 Å². The second kappa shape index (κ2) is 20.2. The SMILES string of the molecule is CCOC(=O)N=C(C=CSc1ccccc1)Sc1ccccc1.CCOC(=O)NC(=O)C=CSc1ccccc1. The molecule has 3 amide bonds. The molecular formula is C30H30N2O5S3. The van der Waals surface area contributed by atoms with E-state index in [4.69, 9.17) is 4.74 Å². The van der Waals surface area contributed by atoms with Crippen molar-refractivity contribution in [3.05, 3.63) is 114 Å². The van der Waals surface area contributed by atoms with E-state index >= 15 is 0 Å². The van der Waals surface area contributed by atoms with Gasteiger partial charge in [-0.05, 0) is 67.1 Å². The van der Waals surface area contributed by atoms with Crippen LogP contribution in [0.5, 0.6) is 0 Å². The van der Waals surface area contributed by atoms with Crippen molar-refractivity contribution in [3.8, 4) is 0 Å². The van der Waals surface area contributed by atoms with Gasteiger partial charge in [0.25, 0.3) is 5.91 Å². The van der Waals surface area contributed by atoms with E-state index in [0.717, 1.165) is 14.7 Å². The van der Waals surface area contributed by atoms with Gasteiger partial charge in [0.05, 0.1) is 13.2 Å². The number of aliphatic imine (C=N–C) groups is 1. The average molecular weight is 595 g/mol. The molecule has 7 nitrogen and oxygen atoms in total. The lowest BCUT2D eigenvalue weighted by Gasteiger charge is -2.02. The third kappa shape index (κ3) is 15.0. The molecule has 0 heterocycles. The van der Waals surface area contributed by atoms with Gasteiger partial charge in [-0.2, -0.15) is 4.99 Å². The number of nitrogens with zero attached hydrogens (tertiary/aromatic N) is 1. The Morgan fingerprint density at radius 3 is 1.68 bits per heavy atom. The summed E-state index contributed by atoms with van der Waals surface area (Å²) in [6.07, 6.45) is 1.81. The normalized spacial score (nSPS) is 11.0. The zero-order valence-corrected chi connectivity index (χ0v) is 24.5. The number of alkyl carbamates (subject to hydrolysis) is 1. The number of hydrogen-bond donors (Lipinski definition) is 1. The summed E-state index contributed by atoms with van der Waals surface area (Å²) in [5, 5.41) is 6.20. The van der Waals surface area contributed by atoms with E-state index < -0.39 is 18.1 Å². The molecule has 0 atom stereocenters. The van der Waals surface area contributed by atoms with Crippen molar-refractivity contribution < 1.29 is 23.9 Å². The zero-order chi connectivity index (χ0) is 28.8. The minimum Gasteiger partial charge on any atom is -0.450 e. The van der Waals surface area contributed by atoms with Gasteiger partial charge in [0.15, 0.2) is 0 Å². The van der Waals surface area contributed by atoms with Crippen molar-refractivity contribution in [2.45, 2.75) is 28.5 Å². The van der Waals surface area contributed by atoms with Crippen molar-refractivity contribution in [2.24, 2.45) is 4.99 Å². The van der Waals surface area contributed by atoms with E-state index in [-0.39, 0.29) is 6.61 Å². The highest BCUT2D eigenvalue weighted by molar-refractivity contribution is 8.14. The highest BCUT2D eigenvalue weighted by atomic mass is 32.2. The van der Waals surface area contributed by atoms with Crippen molar-refractivity contribution in [2.75, 3.05) is 13.2 Å². The van der Waals surface area contributed by atoms with Crippen LogP contribution in [-0.4, -0.2) is 36.4 Å². The van der Waals surface area contributed by atoms with Crippen LogP contribution in [0.25, 0.3) is 0 Å². The van der Waals surface area contributed by atoms with E-state index in [0.29, 0.717) is 11.7 Å². The largest absolute Gasteiger partial charge is 0.450 e. The van der Waals surface area contributed by atoms with E-state index in [1.54, 1.807) is 31.0 Å². The van der Waals surface area contributed by atoms with Gasteiger partial charge in [-0.1, -0.05) is 89.9 Å². The fourth-order valence-corrected chi connectivity index (χ4v) is 4.81. The van der Waals surface area contributed by atoms with Crippen LogP contribution in [0.2, 0.25) is 0 Å². The topological polar surface area (TPSA) is 94.1 Å². The summed E-state index contributed by atoms with van der Waals surface area (Å²) < 4.78 is 9.46. The molecule has 1 N–H and O–H groups in total. The second-order valence-corrected chi connectivity index (χ2v) is 10.3. The van der Waals surface area contributed by atoms with Crippen LogP contribution in [0.4, 0.5) is 9.59 Å². The van der Waals surface area contributed by atoms with Crippen LogP contribution >= 0.6 is 35.3 Å². The second-order valence-electron chi connectivity index (χ2n) is 7.24. The fraction of sp³-hybridized carbons (Fsp3) is 0.133. The Morgan fingerprint density at radius 2 is 1.18 bits per heavy atom. The summed E-state index contributed by atoms with van der Waals surface area (Å²) in [7, 11) is 0. The van der Waals surface area contributed by atoms with Crippen LogP contribution in [0, 0.1) is 0 Å². The Balaban J connectivity index is 0.000000294. The van der Waals surface area contributed by atoms with Crippen LogP contribution in [-0.2, 0) is 14.3 Å². The molecule has 0 radical (unpaired) electrons. The molecule has 208 valence electrons. The monoisotopic (exact) mass is 594 g/mol. The summed E-state index contributed by atoms with van der Waals surface area (Å²) in [4.78, 5) is 40.9. The molecule has 3 rings (SSSR count). The standard InChI is InChI=1S/C18H17NO2S2.C12H13NO3S/c1-2-21-18(20)19-17(23-16-11-7-4-8-12-16)13-14-22-15-9-5-3-6-10-15;1-2-16-12(15)13-11(14)8-9-17-10-6-4-3-5-7-10/h3-14H,2H2,1H3;3-9H,2H2,1H3,(H,13,14,15). The number of thioether (sulfide) groups is 3. The number of nitrogens with one attached hydrogen (secondary N) is 1. The molecule has 0 spiro atoms. The summed E-state index contributed by atoms with van der Waals surface area (Å²) in [6.45, 7) is 3.99. The quantitative estimate of drug-likeness (QED) is 0.115. The first kappa shape index (κ1) is 32.5. The maximum absolute atomic E-state index is 11.6. The number of rotatable bonds is 9. The first-order valence-electron chi connectivity index (χ1n) is 12.2. The Kier molecular flexibility index (Phi) is 16.4. The molecule has 0 unspecified atom stereocenters. The van der Waals surface area contributed by atoms with Gasteiger partial charge < -0.3 is 9.47 Å². The minimum absolute atomic E-state index is 0.238. The molecule has 0 aliphatic carbocycles. The first-order valence-corrected chi connectivity index (χ1v) is 14.8. The molecule has 0 bridgehead atoms. The number of carbonyl (C=O) groups excluding carboxylic acids is 3. The molecule has 0 fully saturated rings. The Labute approximate surface area is 247 Å². The molecule has 0 aliphatic heterocycles. The van der Waals surface area contributed by atoms with E-state index in [1.165, 1.54) is 29.6 Å². The van der Waals surface area contributed by atoms with Gasteiger partial charge in [0.1, 0.15) is 5.04 Å². The Bertz CT molecular complexity index is 1270. The number of amides is 3. The third-order valence-corrected chi connectivity index (χ3v) is 6.84. The van der Waals surface area contributed by atoms with Crippen LogP contribution in [0.1, 0.15) is 13.8 Å². The number of ether oxygens (including phenoxy) is 2. The lowest BCUT2D eigenvalue weighted by Crippen LogP contribution is -2.29.